The number of rotatable bonds is 3. The lowest BCUT2D eigenvalue weighted by molar-refractivity contribution is 0.255. The van der Waals surface area contributed by atoms with E-state index in [-0.39, 0.29) is 5.82 Å². The molecular formula is C16H16FN3O. The van der Waals surface area contributed by atoms with E-state index in [2.05, 4.69) is 10.6 Å². The van der Waals surface area contributed by atoms with Crippen LogP contribution in [-0.4, -0.2) is 6.03 Å². The van der Waals surface area contributed by atoms with Gasteiger partial charge in [-0.25, -0.2) is 9.18 Å². The highest BCUT2D eigenvalue weighted by molar-refractivity contribution is 5.93. The van der Waals surface area contributed by atoms with Gasteiger partial charge in [0.05, 0.1) is 11.4 Å². The van der Waals surface area contributed by atoms with Crippen molar-refractivity contribution < 1.29 is 9.18 Å². The predicted octanol–water partition coefficient (Wildman–Crippen LogP) is 3.51. The summed E-state index contributed by atoms with van der Waals surface area (Å²) in [5.74, 6) is -0.348. The Hall–Kier alpha value is -2.82. The van der Waals surface area contributed by atoms with Crippen molar-refractivity contribution in [2.45, 2.75) is 6.92 Å². The molecule has 21 heavy (non-hydrogen) atoms. The van der Waals surface area contributed by atoms with Gasteiger partial charge in [0.25, 0.3) is 0 Å². The summed E-state index contributed by atoms with van der Waals surface area (Å²) in [5.41, 5.74) is 8.17. The van der Waals surface area contributed by atoms with E-state index in [0.717, 1.165) is 5.56 Å². The highest BCUT2D eigenvalue weighted by Gasteiger charge is 2.03. The third-order valence-corrected chi connectivity index (χ3v) is 2.84. The number of hydrogen-bond acceptors (Lipinski definition) is 2. The monoisotopic (exact) mass is 285 g/mol. The van der Waals surface area contributed by atoms with Gasteiger partial charge in [-0.15, -0.1) is 0 Å². The second-order valence-corrected chi connectivity index (χ2v) is 4.54. The van der Waals surface area contributed by atoms with Crippen LogP contribution in [0.5, 0.6) is 0 Å². The smallest absolute Gasteiger partial charge is 0.323 e. The molecule has 0 spiro atoms. The van der Waals surface area contributed by atoms with Gasteiger partial charge in [0.2, 0.25) is 0 Å². The number of hydrogen-bond donors (Lipinski definition) is 3. The third kappa shape index (κ3) is 4.07. The molecule has 0 aliphatic rings. The summed E-state index contributed by atoms with van der Waals surface area (Å²) in [5, 5.41) is 5.13. The first-order chi connectivity index (χ1) is 10.1. The van der Waals surface area contributed by atoms with E-state index >= 15 is 0 Å². The van der Waals surface area contributed by atoms with Crippen LogP contribution in [0.3, 0.4) is 0 Å². The lowest BCUT2D eigenvalue weighted by Gasteiger charge is -2.08. The molecule has 0 saturated carbocycles. The fraction of sp³-hybridized carbons (Fsp3) is 0.0625. The van der Waals surface area contributed by atoms with E-state index in [1.54, 1.807) is 30.3 Å². The Kier molecular flexibility index (Phi) is 4.56. The molecule has 0 aromatic heterocycles. The fourth-order valence-electron chi connectivity index (χ4n) is 1.75. The van der Waals surface area contributed by atoms with E-state index in [1.165, 1.54) is 18.3 Å². The van der Waals surface area contributed by atoms with Crippen LogP contribution in [0.15, 0.2) is 48.7 Å². The highest BCUT2D eigenvalue weighted by atomic mass is 19.1. The van der Waals surface area contributed by atoms with E-state index in [9.17, 15) is 9.18 Å². The molecule has 0 heterocycles. The Bertz CT molecular complexity index is 683. The first-order valence-electron chi connectivity index (χ1n) is 6.41. The van der Waals surface area contributed by atoms with Crippen molar-refractivity contribution >= 4 is 23.5 Å². The molecule has 5 heteroatoms. The van der Waals surface area contributed by atoms with Gasteiger partial charge < -0.3 is 16.4 Å². The molecule has 2 rings (SSSR count). The van der Waals surface area contributed by atoms with Crippen LogP contribution < -0.4 is 16.4 Å². The van der Waals surface area contributed by atoms with Gasteiger partial charge in [0.1, 0.15) is 5.82 Å². The molecule has 0 aliphatic heterocycles. The van der Waals surface area contributed by atoms with Crippen molar-refractivity contribution in [1.82, 2.24) is 5.32 Å². The maximum Gasteiger partial charge on any atom is 0.323 e. The van der Waals surface area contributed by atoms with Crippen LogP contribution >= 0.6 is 0 Å². The van der Waals surface area contributed by atoms with Gasteiger partial charge in [-0.1, -0.05) is 24.3 Å². The molecule has 0 atom stereocenters. The van der Waals surface area contributed by atoms with Crippen molar-refractivity contribution in [3.63, 3.8) is 0 Å². The first kappa shape index (κ1) is 14.6. The lowest BCUT2D eigenvalue weighted by Crippen LogP contribution is -2.24. The van der Waals surface area contributed by atoms with Gasteiger partial charge >= 0.3 is 6.03 Å². The molecule has 0 saturated heterocycles. The quantitative estimate of drug-likeness (QED) is 0.755. The van der Waals surface area contributed by atoms with Crippen LogP contribution in [0, 0.1) is 12.7 Å². The summed E-state index contributed by atoms with van der Waals surface area (Å²) in [4.78, 5) is 11.7. The number of aryl methyl sites for hydroxylation is 1. The summed E-state index contributed by atoms with van der Waals surface area (Å²) in [6.07, 6.45) is 2.86. The maximum atomic E-state index is 13.4. The molecule has 0 fully saturated rings. The van der Waals surface area contributed by atoms with Gasteiger partial charge in [-0.05, 0) is 36.8 Å². The number of nitrogens with one attached hydrogen (secondary N) is 2. The zero-order valence-electron chi connectivity index (χ0n) is 11.6. The van der Waals surface area contributed by atoms with Crippen LogP contribution in [0.2, 0.25) is 0 Å². The van der Waals surface area contributed by atoms with E-state index in [0.29, 0.717) is 16.9 Å². The Morgan fingerprint density at radius 1 is 1.24 bits per heavy atom. The maximum absolute atomic E-state index is 13.4. The topological polar surface area (TPSA) is 67.1 Å². The Morgan fingerprint density at radius 3 is 2.76 bits per heavy atom. The molecule has 4 N–H and O–H groups in total. The summed E-state index contributed by atoms with van der Waals surface area (Å²) in [6.45, 7) is 1.90. The molecule has 0 bridgehead atoms. The van der Waals surface area contributed by atoms with Crippen LogP contribution in [0.4, 0.5) is 20.6 Å². The van der Waals surface area contributed by atoms with Gasteiger partial charge in [-0.3, -0.25) is 0 Å². The van der Waals surface area contributed by atoms with Crippen LogP contribution in [0.25, 0.3) is 6.08 Å². The molecule has 2 amide bonds. The Labute approximate surface area is 122 Å². The molecular weight excluding hydrogens is 269 g/mol. The van der Waals surface area contributed by atoms with Crippen LogP contribution in [-0.2, 0) is 0 Å². The number of carbonyl (C=O) groups is 1. The Balaban J connectivity index is 1.96. The van der Waals surface area contributed by atoms with E-state index < -0.39 is 6.03 Å². The highest BCUT2D eigenvalue weighted by Crippen LogP contribution is 2.19. The normalized spacial score (nSPS) is 10.6. The van der Waals surface area contributed by atoms with Crippen molar-refractivity contribution in [2.75, 3.05) is 11.1 Å². The second kappa shape index (κ2) is 6.56. The molecule has 2 aromatic rings. The lowest BCUT2D eigenvalue weighted by atomic mass is 10.2. The minimum Gasteiger partial charge on any atom is -0.397 e. The fourth-order valence-corrected chi connectivity index (χ4v) is 1.75. The predicted molar refractivity (Wildman–Crippen MR) is 83.2 cm³/mol. The second-order valence-electron chi connectivity index (χ2n) is 4.54. The summed E-state index contributed by atoms with van der Waals surface area (Å²) in [7, 11) is 0. The molecule has 0 radical (unpaired) electrons. The molecule has 108 valence electrons. The average molecular weight is 285 g/mol. The molecule has 0 aliphatic carbocycles. The Morgan fingerprint density at radius 2 is 2.00 bits per heavy atom. The number of carbonyl (C=O) groups excluding carboxylic acids is 1. The zero-order valence-corrected chi connectivity index (χ0v) is 11.6. The zero-order chi connectivity index (χ0) is 15.2. The SMILES string of the molecule is Cc1ccc(N)c(NC(=O)N/C=C/c2ccccc2F)c1. The summed E-state index contributed by atoms with van der Waals surface area (Å²) < 4.78 is 13.4. The number of amides is 2. The van der Waals surface area contributed by atoms with Gasteiger partial charge in [-0.2, -0.15) is 0 Å². The number of halogens is 1. The van der Waals surface area contributed by atoms with E-state index in [1.807, 2.05) is 13.0 Å². The number of urea groups is 1. The first-order valence-corrected chi connectivity index (χ1v) is 6.41. The minimum absolute atomic E-state index is 0.348. The number of nitrogen functional groups attached to an aromatic ring is 1. The van der Waals surface area contributed by atoms with Gasteiger partial charge in [0, 0.05) is 11.8 Å². The number of benzene rings is 2. The standard InChI is InChI=1S/C16H16FN3O/c1-11-6-7-14(18)15(10-11)20-16(21)19-9-8-12-4-2-3-5-13(12)17/h2-10H,18H2,1H3,(H2,19,20,21)/b9-8+. The average Bonchev–Trinajstić information content (AvgIpc) is 2.45. The molecule has 4 nitrogen and oxygen atoms in total. The number of nitrogens with two attached hydrogens (primary N) is 1. The van der Waals surface area contributed by atoms with Crippen molar-refractivity contribution in [3.8, 4) is 0 Å². The largest absolute Gasteiger partial charge is 0.397 e. The van der Waals surface area contributed by atoms with Crippen molar-refractivity contribution in [2.24, 2.45) is 0 Å². The molecule has 2 aromatic carbocycles. The summed E-state index contributed by atoms with van der Waals surface area (Å²) in [6, 6.07) is 11.2. The van der Waals surface area contributed by atoms with Gasteiger partial charge in [0.15, 0.2) is 0 Å². The minimum atomic E-state index is -0.445. The van der Waals surface area contributed by atoms with Crippen molar-refractivity contribution in [3.05, 3.63) is 65.6 Å². The number of anilines is 2. The summed E-state index contributed by atoms with van der Waals surface area (Å²) >= 11 is 0. The van der Waals surface area contributed by atoms with E-state index in [4.69, 9.17) is 5.73 Å². The molecule has 0 unspecified atom stereocenters. The van der Waals surface area contributed by atoms with Crippen LogP contribution in [0.1, 0.15) is 11.1 Å². The van der Waals surface area contributed by atoms with Crippen molar-refractivity contribution in [1.29, 1.82) is 0 Å². The third-order valence-electron chi connectivity index (χ3n) is 2.84.